The van der Waals surface area contributed by atoms with E-state index in [-0.39, 0.29) is 18.1 Å². The third kappa shape index (κ3) is 4.10. The molecule has 0 bridgehead atoms. The van der Waals surface area contributed by atoms with Crippen molar-refractivity contribution in [1.82, 2.24) is 14.1 Å². The fraction of sp³-hybridized carbons (Fsp3) is 0.160. The number of hydrogen-bond acceptors (Lipinski definition) is 4. The number of anilines is 2. The summed E-state index contributed by atoms with van der Waals surface area (Å²) in [6, 6.07) is 20.4. The second-order valence-corrected chi connectivity index (χ2v) is 7.93. The van der Waals surface area contributed by atoms with Gasteiger partial charge < -0.3 is 15.2 Å². The minimum Gasteiger partial charge on any atom is -0.383 e. The van der Waals surface area contributed by atoms with Crippen LogP contribution in [0.2, 0.25) is 0 Å². The van der Waals surface area contributed by atoms with E-state index >= 15 is 0 Å². The lowest BCUT2D eigenvalue weighted by atomic mass is 10.1. The lowest BCUT2D eigenvalue weighted by Gasteiger charge is -2.21. The maximum atomic E-state index is 13.2. The van der Waals surface area contributed by atoms with Crippen LogP contribution >= 0.6 is 0 Å². The molecule has 0 saturated carbocycles. The maximum Gasteiger partial charge on any atom is 0.330 e. The normalized spacial score (nSPS) is 10.9. The number of nitrogen functional groups attached to an aromatic ring is 1. The van der Waals surface area contributed by atoms with Crippen LogP contribution in [0.1, 0.15) is 27.3 Å². The number of nitrogens with one attached hydrogen (secondary N) is 1. The number of nitrogens with two attached hydrogens (primary N) is 1. The van der Waals surface area contributed by atoms with Crippen molar-refractivity contribution in [3.8, 4) is 5.69 Å². The van der Waals surface area contributed by atoms with E-state index in [0.29, 0.717) is 5.56 Å². The highest BCUT2D eigenvalue weighted by Gasteiger charge is 2.22. The van der Waals surface area contributed by atoms with Gasteiger partial charge >= 0.3 is 5.69 Å². The minimum absolute atomic E-state index is 0.0707. The van der Waals surface area contributed by atoms with Crippen molar-refractivity contribution in [2.75, 3.05) is 17.7 Å². The third-order valence-corrected chi connectivity index (χ3v) is 5.68. The summed E-state index contributed by atoms with van der Waals surface area (Å²) in [4.78, 5) is 41.6. The summed E-state index contributed by atoms with van der Waals surface area (Å²) < 4.78 is 3.33. The van der Waals surface area contributed by atoms with Crippen LogP contribution in [0, 0.1) is 13.8 Å². The average molecular weight is 444 g/mol. The van der Waals surface area contributed by atoms with Crippen molar-refractivity contribution in [2.45, 2.75) is 20.4 Å². The van der Waals surface area contributed by atoms with Gasteiger partial charge in [0.2, 0.25) is 0 Å². The molecule has 33 heavy (non-hydrogen) atoms. The molecule has 0 fully saturated rings. The van der Waals surface area contributed by atoms with Gasteiger partial charge in [0.15, 0.2) is 5.69 Å². The molecule has 0 aliphatic rings. The van der Waals surface area contributed by atoms with Crippen LogP contribution in [0.5, 0.6) is 0 Å². The maximum absolute atomic E-state index is 13.2. The second-order valence-electron chi connectivity index (χ2n) is 7.93. The molecular weight excluding hydrogens is 418 g/mol. The van der Waals surface area contributed by atoms with Crippen LogP contribution in [-0.2, 0) is 6.54 Å². The lowest BCUT2D eigenvalue weighted by Crippen LogP contribution is -2.39. The summed E-state index contributed by atoms with van der Waals surface area (Å²) in [5.74, 6) is -0.483. The van der Waals surface area contributed by atoms with Gasteiger partial charge in [-0.2, -0.15) is 0 Å². The predicted octanol–water partition coefficient (Wildman–Crippen LogP) is 2.85. The Balaban J connectivity index is 1.67. The molecule has 8 heteroatoms. The van der Waals surface area contributed by atoms with Gasteiger partial charge in [0, 0.05) is 29.7 Å². The second kappa shape index (κ2) is 8.66. The number of aromatic nitrogens is 3. The Kier molecular flexibility index (Phi) is 5.74. The van der Waals surface area contributed by atoms with E-state index in [1.807, 2.05) is 68.4 Å². The molecule has 2 heterocycles. The molecule has 4 rings (SSSR count). The Morgan fingerprint density at radius 1 is 0.939 bits per heavy atom. The number of hydrogen-bond donors (Lipinski definition) is 2. The standard InChI is InChI=1S/C25H25N5O3/c1-16-9-10-17(2)30(16)20-13-11-19(12-14-20)24(32)28(3)21-22(26)29(25(33)27-23(21)31)15-18-7-5-4-6-8-18/h4-14H,15,26H2,1-3H3,(H,27,31,33). The monoisotopic (exact) mass is 443 g/mol. The average Bonchev–Trinajstić information content (AvgIpc) is 3.14. The highest BCUT2D eigenvalue weighted by molar-refractivity contribution is 6.06. The number of nitrogens with zero attached hydrogens (tertiary/aromatic N) is 3. The summed E-state index contributed by atoms with van der Waals surface area (Å²) in [6.07, 6.45) is 0. The molecule has 168 valence electrons. The fourth-order valence-electron chi connectivity index (χ4n) is 3.95. The fourth-order valence-corrected chi connectivity index (χ4v) is 3.95. The number of carbonyl (C=O) groups is 1. The van der Waals surface area contributed by atoms with E-state index in [4.69, 9.17) is 5.73 Å². The summed E-state index contributed by atoms with van der Waals surface area (Å²) >= 11 is 0. The number of amides is 1. The Morgan fingerprint density at radius 3 is 2.15 bits per heavy atom. The first-order chi connectivity index (χ1) is 15.8. The Hall–Kier alpha value is -4.33. The van der Waals surface area contributed by atoms with Crippen LogP contribution < -0.4 is 21.9 Å². The molecule has 0 unspecified atom stereocenters. The van der Waals surface area contributed by atoms with Crippen molar-refractivity contribution in [3.05, 3.63) is 110 Å². The van der Waals surface area contributed by atoms with Gasteiger partial charge in [-0.1, -0.05) is 30.3 Å². The quantitative estimate of drug-likeness (QED) is 0.495. The number of H-pyrrole nitrogens is 1. The molecule has 4 aromatic rings. The zero-order chi connectivity index (χ0) is 23.7. The van der Waals surface area contributed by atoms with Crippen molar-refractivity contribution < 1.29 is 4.79 Å². The molecule has 2 aromatic carbocycles. The highest BCUT2D eigenvalue weighted by atomic mass is 16.2. The number of benzene rings is 2. The summed E-state index contributed by atoms with van der Waals surface area (Å²) in [5.41, 5.74) is 9.13. The molecule has 0 aliphatic heterocycles. The Morgan fingerprint density at radius 2 is 1.55 bits per heavy atom. The Labute approximate surface area is 190 Å². The summed E-state index contributed by atoms with van der Waals surface area (Å²) in [6.45, 7) is 4.19. The summed E-state index contributed by atoms with van der Waals surface area (Å²) in [7, 11) is 1.47. The molecule has 3 N–H and O–H groups in total. The topological polar surface area (TPSA) is 106 Å². The molecule has 8 nitrogen and oxygen atoms in total. The van der Waals surface area contributed by atoms with Gasteiger partial charge in [-0.05, 0) is 55.8 Å². The molecule has 0 atom stereocenters. The first-order valence-corrected chi connectivity index (χ1v) is 10.5. The van der Waals surface area contributed by atoms with Gasteiger partial charge in [-0.25, -0.2) is 4.79 Å². The number of rotatable bonds is 5. The SMILES string of the molecule is Cc1ccc(C)n1-c1ccc(C(=O)N(C)c2c(N)n(Cc3ccccc3)c(=O)[nH]c2=O)cc1. The predicted molar refractivity (Wildman–Crippen MR) is 129 cm³/mol. The van der Waals surface area contributed by atoms with Gasteiger partial charge in [-0.15, -0.1) is 0 Å². The van der Waals surface area contributed by atoms with E-state index in [0.717, 1.165) is 22.6 Å². The van der Waals surface area contributed by atoms with E-state index < -0.39 is 17.2 Å². The van der Waals surface area contributed by atoms with E-state index in [2.05, 4.69) is 9.55 Å². The van der Waals surface area contributed by atoms with E-state index in [1.54, 1.807) is 12.1 Å². The van der Waals surface area contributed by atoms with Crippen molar-refractivity contribution in [1.29, 1.82) is 0 Å². The summed E-state index contributed by atoms with van der Waals surface area (Å²) in [5, 5.41) is 0. The molecule has 0 saturated heterocycles. The first kappa shape index (κ1) is 21.9. The van der Waals surface area contributed by atoms with Crippen molar-refractivity contribution in [2.24, 2.45) is 0 Å². The van der Waals surface area contributed by atoms with Crippen LogP contribution in [0.15, 0.2) is 76.3 Å². The van der Waals surface area contributed by atoms with E-state index in [9.17, 15) is 14.4 Å². The number of aromatic amines is 1. The molecule has 0 spiro atoms. The van der Waals surface area contributed by atoms with E-state index in [1.165, 1.54) is 16.5 Å². The zero-order valence-electron chi connectivity index (χ0n) is 18.7. The van der Waals surface area contributed by atoms with Gasteiger partial charge in [0.05, 0.1) is 6.54 Å². The van der Waals surface area contributed by atoms with Crippen LogP contribution in [0.25, 0.3) is 5.69 Å². The third-order valence-electron chi connectivity index (χ3n) is 5.68. The van der Waals surface area contributed by atoms with Gasteiger partial charge in [0.1, 0.15) is 5.82 Å². The van der Waals surface area contributed by atoms with Gasteiger partial charge in [-0.3, -0.25) is 19.1 Å². The molecular formula is C25H25N5O3. The van der Waals surface area contributed by atoms with Crippen molar-refractivity contribution >= 4 is 17.4 Å². The van der Waals surface area contributed by atoms with Crippen LogP contribution in [0.3, 0.4) is 0 Å². The highest BCUT2D eigenvalue weighted by Crippen LogP contribution is 2.21. The molecule has 0 aliphatic carbocycles. The Bertz CT molecular complexity index is 1410. The number of carbonyl (C=O) groups excluding carboxylic acids is 1. The molecule has 1 amide bonds. The zero-order valence-corrected chi connectivity index (χ0v) is 18.7. The largest absolute Gasteiger partial charge is 0.383 e. The minimum atomic E-state index is -0.715. The first-order valence-electron chi connectivity index (χ1n) is 10.5. The smallest absolute Gasteiger partial charge is 0.330 e. The molecule has 0 radical (unpaired) electrons. The van der Waals surface area contributed by atoms with Crippen molar-refractivity contribution in [3.63, 3.8) is 0 Å². The van der Waals surface area contributed by atoms with Gasteiger partial charge in [0.25, 0.3) is 11.5 Å². The van der Waals surface area contributed by atoms with Crippen LogP contribution in [0.4, 0.5) is 11.5 Å². The lowest BCUT2D eigenvalue weighted by molar-refractivity contribution is 0.0992. The van der Waals surface area contributed by atoms with Crippen LogP contribution in [-0.4, -0.2) is 27.1 Å². The number of aryl methyl sites for hydroxylation is 2. The molecule has 2 aromatic heterocycles.